The van der Waals surface area contributed by atoms with Gasteiger partial charge in [0.25, 0.3) is 0 Å². The largest absolute Gasteiger partial charge is 0.360 e. The lowest BCUT2D eigenvalue weighted by atomic mass is 10.0. The highest BCUT2D eigenvalue weighted by Gasteiger charge is 2.24. The standard InChI is InChI=1S/C15H19F2N3O2/c1-9(2)18-15(22)19-13(21)8-20-5-3-4-10-6-11(16)7-12(17)14(10)20/h6-7,9H,3-5,8H2,1-2H3,(H2,18,19,21,22). The molecule has 1 aromatic carbocycles. The summed E-state index contributed by atoms with van der Waals surface area (Å²) in [6.45, 7) is 3.87. The molecule has 0 saturated carbocycles. The number of benzene rings is 1. The number of halogens is 2. The van der Waals surface area contributed by atoms with Crippen LogP contribution >= 0.6 is 0 Å². The van der Waals surface area contributed by atoms with Gasteiger partial charge >= 0.3 is 6.03 Å². The Morgan fingerprint density at radius 1 is 1.32 bits per heavy atom. The zero-order valence-corrected chi connectivity index (χ0v) is 12.6. The van der Waals surface area contributed by atoms with Crippen molar-refractivity contribution in [1.29, 1.82) is 0 Å². The van der Waals surface area contributed by atoms with E-state index in [1.165, 1.54) is 11.0 Å². The molecule has 0 atom stereocenters. The molecule has 2 N–H and O–H groups in total. The fourth-order valence-electron chi connectivity index (χ4n) is 2.53. The zero-order chi connectivity index (χ0) is 16.3. The maximum absolute atomic E-state index is 14.0. The summed E-state index contributed by atoms with van der Waals surface area (Å²) in [6.07, 6.45) is 1.26. The molecule has 0 unspecified atom stereocenters. The highest BCUT2D eigenvalue weighted by molar-refractivity contribution is 5.96. The first kappa shape index (κ1) is 16.2. The van der Waals surface area contributed by atoms with Crippen LogP contribution in [0.25, 0.3) is 0 Å². The van der Waals surface area contributed by atoms with E-state index in [1.807, 2.05) is 0 Å². The fourth-order valence-corrected chi connectivity index (χ4v) is 2.53. The highest BCUT2D eigenvalue weighted by Crippen LogP contribution is 2.30. The van der Waals surface area contributed by atoms with E-state index in [4.69, 9.17) is 0 Å². The van der Waals surface area contributed by atoms with Crippen LogP contribution in [0.5, 0.6) is 0 Å². The summed E-state index contributed by atoms with van der Waals surface area (Å²) in [5, 5.41) is 4.73. The summed E-state index contributed by atoms with van der Waals surface area (Å²) in [5.74, 6) is -1.84. The smallest absolute Gasteiger partial charge is 0.321 e. The summed E-state index contributed by atoms with van der Waals surface area (Å²) in [6, 6.07) is 1.41. The Labute approximate surface area is 127 Å². The number of hydrogen-bond acceptors (Lipinski definition) is 3. The van der Waals surface area contributed by atoms with Gasteiger partial charge in [-0.3, -0.25) is 10.1 Å². The number of amides is 3. The van der Waals surface area contributed by atoms with Crippen molar-refractivity contribution in [2.24, 2.45) is 0 Å². The Kier molecular flexibility index (Phi) is 4.95. The molecule has 0 bridgehead atoms. The van der Waals surface area contributed by atoms with Crippen LogP contribution in [0.2, 0.25) is 0 Å². The lowest BCUT2D eigenvalue weighted by molar-refractivity contribution is -0.118. The van der Waals surface area contributed by atoms with E-state index in [0.29, 0.717) is 24.9 Å². The molecule has 0 spiro atoms. The Morgan fingerprint density at radius 3 is 2.73 bits per heavy atom. The van der Waals surface area contributed by atoms with Crippen LogP contribution in [0.4, 0.5) is 19.3 Å². The number of urea groups is 1. The topological polar surface area (TPSA) is 61.4 Å². The summed E-state index contributed by atoms with van der Waals surface area (Å²) in [7, 11) is 0. The molecule has 1 aromatic rings. The van der Waals surface area contributed by atoms with Crippen molar-refractivity contribution in [2.45, 2.75) is 32.7 Å². The molecule has 0 fully saturated rings. The van der Waals surface area contributed by atoms with Gasteiger partial charge in [0.2, 0.25) is 5.91 Å². The SMILES string of the molecule is CC(C)NC(=O)NC(=O)CN1CCCc2cc(F)cc(F)c21. The quantitative estimate of drug-likeness (QED) is 0.897. The van der Waals surface area contributed by atoms with E-state index in [9.17, 15) is 18.4 Å². The van der Waals surface area contributed by atoms with E-state index in [-0.39, 0.29) is 18.3 Å². The number of rotatable bonds is 3. The van der Waals surface area contributed by atoms with E-state index < -0.39 is 23.6 Å². The molecule has 0 aromatic heterocycles. The van der Waals surface area contributed by atoms with Crippen LogP contribution in [-0.4, -0.2) is 31.1 Å². The first-order valence-electron chi connectivity index (χ1n) is 7.20. The van der Waals surface area contributed by atoms with Crippen LogP contribution in [0.15, 0.2) is 12.1 Å². The molecule has 0 radical (unpaired) electrons. The molecule has 120 valence electrons. The number of imide groups is 1. The molecule has 1 aliphatic rings. The Bertz CT molecular complexity index is 590. The number of carbonyl (C=O) groups is 2. The van der Waals surface area contributed by atoms with Crippen LogP contribution in [0.1, 0.15) is 25.8 Å². The predicted molar refractivity (Wildman–Crippen MR) is 78.7 cm³/mol. The van der Waals surface area contributed by atoms with Gasteiger partial charge in [-0.1, -0.05) is 0 Å². The average molecular weight is 311 g/mol. The maximum atomic E-state index is 14.0. The molecule has 5 nitrogen and oxygen atoms in total. The van der Waals surface area contributed by atoms with E-state index in [1.54, 1.807) is 13.8 Å². The third-order valence-electron chi connectivity index (χ3n) is 3.30. The molecule has 1 aliphatic heterocycles. The molecule has 0 aliphatic carbocycles. The minimum absolute atomic E-state index is 0.0936. The first-order valence-corrected chi connectivity index (χ1v) is 7.20. The molecule has 2 rings (SSSR count). The molecule has 0 saturated heterocycles. The fraction of sp³-hybridized carbons (Fsp3) is 0.467. The van der Waals surface area contributed by atoms with Crippen LogP contribution in [-0.2, 0) is 11.2 Å². The maximum Gasteiger partial charge on any atom is 0.321 e. The second kappa shape index (κ2) is 6.72. The van der Waals surface area contributed by atoms with Crippen LogP contribution < -0.4 is 15.5 Å². The monoisotopic (exact) mass is 311 g/mol. The van der Waals surface area contributed by atoms with Crippen molar-refractivity contribution in [2.75, 3.05) is 18.0 Å². The number of fused-ring (bicyclic) bond motifs is 1. The van der Waals surface area contributed by atoms with Gasteiger partial charge in [0, 0.05) is 18.7 Å². The van der Waals surface area contributed by atoms with Gasteiger partial charge in [-0.2, -0.15) is 0 Å². The van der Waals surface area contributed by atoms with E-state index >= 15 is 0 Å². The Morgan fingerprint density at radius 2 is 2.05 bits per heavy atom. The van der Waals surface area contributed by atoms with E-state index in [2.05, 4.69) is 10.6 Å². The van der Waals surface area contributed by atoms with Gasteiger partial charge in [-0.15, -0.1) is 0 Å². The summed E-state index contributed by atoms with van der Waals surface area (Å²) >= 11 is 0. The number of nitrogens with one attached hydrogen (secondary N) is 2. The van der Waals surface area contributed by atoms with Gasteiger partial charge < -0.3 is 10.2 Å². The van der Waals surface area contributed by atoms with Crippen molar-refractivity contribution in [3.8, 4) is 0 Å². The lowest BCUT2D eigenvalue weighted by Crippen LogP contribution is -2.47. The van der Waals surface area contributed by atoms with Crippen LogP contribution in [0.3, 0.4) is 0 Å². The molecular weight excluding hydrogens is 292 g/mol. The first-order chi connectivity index (χ1) is 10.4. The van der Waals surface area contributed by atoms with Gasteiger partial charge in [0.15, 0.2) is 0 Å². The number of hydrogen-bond donors (Lipinski definition) is 2. The molecule has 1 heterocycles. The second-order valence-corrected chi connectivity index (χ2v) is 5.60. The van der Waals surface area contributed by atoms with Crippen molar-refractivity contribution in [3.63, 3.8) is 0 Å². The third kappa shape index (κ3) is 3.93. The van der Waals surface area contributed by atoms with Gasteiger partial charge in [-0.25, -0.2) is 13.6 Å². The molecule has 22 heavy (non-hydrogen) atoms. The Hall–Kier alpha value is -2.18. The van der Waals surface area contributed by atoms with Crippen molar-refractivity contribution in [1.82, 2.24) is 10.6 Å². The Balaban J connectivity index is 2.06. The molecule has 3 amide bonds. The number of aryl methyl sites for hydroxylation is 1. The van der Waals surface area contributed by atoms with Gasteiger partial charge in [0.1, 0.15) is 11.6 Å². The minimum Gasteiger partial charge on any atom is -0.360 e. The second-order valence-electron chi connectivity index (χ2n) is 5.60. The summed E-state index contributed by atoms with van der Waals surface area (Å²) in [5.41, 5.74) is 0.787. The number of carbonyl (C=O) groups excluding carboxylic acids is 2. The van der Waals surface area contributed by atoms with Gasteiger partial charge in [0.05, 0.1) is 12.2 Å². The normalized spacial score (nSPS) is 13.8. The minimum atomic E-state index is -0.686. The number of anilines is 1. The third-order valence-corrected chi connectivity index (χ3v) is 3.30. The lowest BCUT2D eigenvalue weighted by Gasteiger charge is -2.31. The van der Waals surface area contributed by atoms with Crippen molar-refractivity contribution < 1.29 is 18.4 Å². The highest BCUT2D eigenvalue weighted by atomic mass is 19.1. The molecular formula is C15H19F2N3O2. The van der Waals surface area contributed by atoms with Crippen molar-refractivity contribution >= 4 is 17.6 Å². The van der Waals surface area contributed by atoms with E-state index in [0.717, 1.165) is 6.07 Å². The zero-order valence-electron chi connectivity index (χ0n) is 12.6. The van der Waals surface area contributed by atoms with Crippen molar-refractivity contribution in [3.05, 3.63) is 29.3 Å². The number of nitrogens with zero attached hydrogens (tertiary/aromatic N) is 1. The van der Waals surface area contributed by atoms with Crippen LogP contribution in [0, 0.1) is 11.6 Å². The summed E-state index contributed by atoms with van der Waals surface area (Å²) in [4.78, 5) is 24.9. The van der Waals surface area contributed by atoms with Gasteiger partial charge in [-0.05, 0) is 38.3 Å². The molecule has 7 heteroatoms. The average Bonchev–Trinajstić information content (AvgIpc) is 2.36. The predicted octanol–water partition coefficient (Wildman–Crippen LogP) is 1.95. The summed E-state index contributed by atoms with van der Waals surface area (Å²) < 4.78 is 27.2.